The highest BCUT2D eigenvalue weighted by Crippen LogP contribution is 2.47. The normalized spacial score (nSPS) is 20.9. The summed E-state index contributed by atoms with van der Waals surface area (Å²) in [6.45, 7) is 6.68. The maximum Gasteiger partial charge on any atom is 0.252 e. The van der Waals surface area contributed by atoms with Crippen molar-refractivity contribution in [3.05, 3.63) is 30.4 Å². The molecule has 0 spiro atoms. The van der Waals surface area contributed by atoms with Crippen LogP contribution < -0.4 is 11.1 Å². The topological polar surface area (TPSA) is 167 Å². The summed E-state index contributed by atoms with van der Waals surface area (Å²) in [4.78, 5) is 31.6. The average molecular weight is 492 g/mol. The predicted molar refractivity (Wildman–Crippen MR) is 129 cm³/mol. The number of fused-ring (bicyclic) bond motifs is 1. The number of primary amides is 1. The molecule has 188 valence electrons. The van der Waals surface area contributed by atoms with Gasteiger partial charge >= 0.3 is 0 Å². The van der Waals surface area contributed by atoms with Gasteiger partial charge in [0.25, 0.3) is 5.91 Å². The standard InChI is InChI=1S/C24H29N9O3/c1-14-8-31(22(35)24(12-25)4-5-24)10-17(14)29-19-16(20(26)34)7-28-33-11-18(30-21(19)33)15-6-27-32(9-15)13-23(2,3)36/h6-7,9,11,14,17,29,36H,4-5,8,10,13H2,1-3H3,(H2,26,34)/t14-,17+/m0/s1. The molecule has 2 fully saturated rings. The molecular formula is C24H29N9O3. The van der Waals surface area contributed by atoms with E-state index < -0.39 is 16.9 Å². The van der Waals surface area contributed by atoms with Gasteiger partial charge in [0.1, 0.15) is 5.41 Å². The molecule has 1 aliphatic heterocycles. The average Bonchev–Trinajstić information content (AvgIpc) is 3.10. The Morgan fingerprint density at radius 3 is 2.67 bits per heavy atom. The Labute approximate surface area is 207 Å². The van der Waals surface area contributed by atoms with Crippen LogP contribution in [0.2, 0.25) is 0 Å². The van der Waals surface area contributed by atoms with Gasteiger partial charge in [-0.25, -0.2) is 9.50 Å². The number of nitriles is 1. The van der Waals surface area contributed by atoms with Crippen LogP contribution in [0.5, 0.6) is 0 Å². The minimum absolute atomic E-state index is 0.0758. The molecule has 0 unspecified atom stereocenters. The van der Waals surface area contributed by atoms with Gasteiger partial charge in [0.15, 0.2) is 5.65 Å². The van der Waals surface area contributed by atoms with E-state index in [-0.39, 0.29) is 23.4 Å². The summed E-state index contributed by atoms with van der Waals surface area (Å²) in [6, 6.07) is 2.01. The molecule has 0 aromatic carbocycles. The van der Waals surface area contributed by atoms with E-state index in [0.29, 0.717) is 49.5 Å². The summed E-state index contributed by atoms with van der Waals surface area (Å²) in [6.07, 6.45) is 7.78. The number of hydrogen-bond donors (Lipinski definition) is 3. The lowest BCUT2D eigenvalue weighted by molar-refractivity contribution is -0.134. The summed E-state index contributed by atoms with van der Waals surface area (Å²) < 4.78 is 3.20. The van der Waals surface area contributed by atoms with E-state index in [2.05, 4.69) is 21.6 Å². The van der Waals surface area contributed by atoms with Crippen molar-refractivity contribution in [3.63, 3.8) is 0 Å². The van der Waals surface area contributed by atoms with Crippen LogP contribution in [0.15, 0.2) is 24.8 Å². The number of aliphatic hydroxyl groups is 1. The number of likely N-dealkylation sites (tertiary alicyclic amines) is 1. The molecule has 5 rings (SSSR count). The van der Waals surface area contributed by atoms with Gasteiger partial charge in [0.2, 0.25) is 5.91 Å². The van der Waals surface area contributed by atoms with Crippen LogP contribution in [0.4, 0.5) is 5.69 Å². The first-order valence-corrected chi connectivity index (χ1v) is 11.9. The highest BCUT2D eigenvalue weighted by Gasteiger charge is 2.54. The van der Waals surface area contributed by atoms with Crippen LogP contribution in [0.25, 0.3) is 16.9 Å². The molecule has 1 saturated carbocycles. The molecule has 4 heterocycles. The van der Waals surface area contributed by atoms with Gasteiger partial charge in [-0.2, -0.15) is 15.5 Å². The number of anilines is 1. The number of imidazole rings is 1. The quantitative estimate of drug-likeness (QED) is 0.440. The number of aromatic nitrogens is 5. The minimum Gasteiger partial charge on any atom is -0.389 e. The zero-order chi connectivity index (χ0) is 25.8. The van der Waals surface area contributed by atoms with E-state index >= 15 is 0 Å². The van der Waals surface area contributed by atoms with Crippen LogP contribution in [0, 0.1) is 22.7 Å². The largest absolute Gasteiger partial charge is 0.389 e. The van der Waals surface area contributed by atoms with E-state index in [1.165, 1.54) is 6.20 Å². The number of rotatable bonds is 7. The van der Waals surface area contributed by atoms with Crippen molar-refractivity contribution in [2.45, 2.75) is 51.8 Å². The third kappa shape index (κ3) is 4.26. The molecule has 36 heavy (non-hydrogen) atoms. The second kappa shape index (κ2) is 8.30. The van der Waals surface area contributed by atoms with E-state index in [1.54, 1.807) is 46.5 Å². The number of nitrogens with one attached hydrogen (secondary N) is 1. The molecule has 12 nitrogen and oxygen atoms in total. The van der Waals surface area contributed by atoms with Gasteiger partial charge in [-0.1, -0.05) is 6.92 Å². The van der Waals surface area contributed by atoms with Crippen LogP contribution in [0.3, 0.4) is 0 Å². The van der Waals surface area contributed by atoms with E-state index in [9.17, 15) is 20.0 Å². The first kappa shape index (κ1) is 23.7. The maximum atomic E-state index is 12.9. The summed E-state index contributed by atoms with van der Waals surface area (Å²) >= 11 is 0. The fraction of sp³-hybridized carbons (Fsp3) is 0.500. The van der Waals surface area contributed by atoms with Gasteiger partial charge in [-0.15, -0.1) is 0 Å². The Morgan fingerprint density at radius 1 is 1.28 bits per heavy atom. The molecule has 0 bridgehead atoms. The molecule has 1 saturated heterocycles. The fourth-order valence-corrected chi connectivity index (χ4v) is 4.69. The highest BCUT2D eigenvalue weighted by atomic mass is 16.3. The molecule has 2 aliphatic rings. The van der Waals surface area contributed by atoms with Crippen LogP contribution in [0.1, 0.15) is 44.0 Å². The van der Waals surface area contributed by atoms with Crippen LogP contribution in [-0.4, -0.2) is 70.9 Å². The summed E-state index contributed by atoms with van der Waals surface area (Å²) in [7, 11) is 0. The Balaban J connectivity index is 1.45. The molecule has 4 N–H and O–H groups in total. The lowest BCUT2D eigenvalue weighted by Crippen LogP contribution is -2.36. The summed E-state index contributed by atoms with van der Waals surface area (Å²) in [5.41, 5.74) is 6.26. The predicted octanol–water partition coefficient (Wildman–Crippen LogP) is 1.03. The Hall–Kier alpha value is -3.98. The SMILES string of the molecule is C[C@H]1CN(C(=O)C2(C#N)CC2)C[C@H]1Nc1c(C(N)=O)cnn2cc(-c3cnn(CC(C)(C)O)c3)nc12. The lowest BCUT2D eigenvalue weighted by atomic mass is 10.1. The number of hydrogen-bond acceptors (Lipinski definition) is 8. The summed E-state index contributed by atoms with van der Waals surface area (Å²) in [5.74, 6) is -0.691. The van der Waals surface area contributed by atoms with Gasteiger partial charge in [0, 0.05) is 30.9 Å². The van der Waals surface area contributed by atoms with Crippen molar-refractivity contribution in [2.24, 2.45) is 17.1 Å². The monoisotopic (exact) mass is 491 g/mol. The Bertz CT molecular complexity index is 1390. The van der Waals surface area contributed by atoms with Crippen molar-refractivity contribution in [1.29, 1.82) is 5.26 Å². The molecule has 1 aliphatic carbocycles. The maximum absolute atomic E-state index is 12.9. The Morgan fingerprint density at radius 2 is 2.03 bits per heavy atom. The molecule has 2 amide bonds. The smallest absolute Gasteiger partial charge is 0.252 e. The van der Waals surface area contributed by atoms with Gasteiger partial charge in [-0.05, 0) is 32.6 Å². The zero-order valence-electron chi connectivity index (χ0n) is 20.5. The minimum atomic E-state index is -0.920. The van der Waals surface area contributed by atoms with Gasteiger partial charge in [0.05, 0.1) is 53.8 Å². The van der Waals surface area contributed by atoms with Crippen molar-refractivity contribution < 1.29 is 14.7 Å². The fourth-order valence-electron chi connectivity index (χ4n) is 4.69. The second-order valence-electron chi connectivity index (χ2n) is 10.6. The summed E-state index contributed by atoms with van der Waals surface area (Å²) in [5, 5.41) is 31.5. The molecule has 12 heteroatoms. The van der Waals surface area contributed by atoms with Crippen LogP contribution in [-0.2, 0) is 11.3 Å². The van der Waals surface area contributed by atoms with E-state index in [0.717, 1.165) is 5.56 Å². The van der Waals surface area contributed by atoms with E-state index in [4.69, 9.17) is 10.7 Å². The third-order valence-electron chi connectivity index (χ3n) is 6.84. The van der Waals surface area contributed by atoms with Crippen molar-refractivity contribution >= 4 is 23.1 Å². The zero-order valence-corrected chi connectivity index (χ0v) is 20.5. The Kier molecular flexibility index (Phi) is 5.48. The number of carbonyl (C=O) groups excluding carboxylic acids is 2. The first-order chi connectivity index (χ1) is 17.0. The van der Waals surface area contributed by atoms with Gasteiger partial charge in [-0.3, -0.25) is 14.3 Å². The third-order valence-corrected chi connectivity index (χ3v) is 6.84. The highest BCUT2D eigenvalue weighted by molar-refractivity contribution is 6.01. The number of carbonyl (C=O) groups is 2. The van der Waals surface area contributed by atoms with E-state index in [1.807, 2.05) is 6.92 Å². The lowest BCUT2D eigenvalue weighted by Gasteiger charge is -2.21. The molecule has 3 aromatic rings. The molecule has 0 radical (unpaired) electrons. The van der Waals surface area contributed by atoms with Crippen molar-refractivity contribution in [1.82, 2.24) is 29.3 Å². The first-order valence-electron chi connectivity index (χ1n) is 11.9. The van der Waals surface area contributed by atoms with Crippen molar-refractivity contribution in [2.75, 3.05) is 18.4 Å². The molecular weight excluding hydrogens is 462 g/mol. The number of nitrogens with zero attached hydrogens (tertiary/aromatic N) is 7. The van der Waals surface area contributed by atoms with Gasteiger partial charge < -0.3 is 21.1 Å². The van der Waals surface area contributed by atoms with Crippen LogP contribution >= 0.6 is 0 Å². The second-order valence-corrected chi connectivity index (χ2v) is 10.6. The van der Waals surface area contributed by atoms with Crippen molar-refractivity contribution in [3.8, 4) is 17.3 Å². The molecule has 3 aromatic heterocycles. The number of amides is 2. The molecule has 2 atom stereocenters. The number of nitrogens with two attached hydrogens (primary N) is 1.